The van der Waals surface area contributed by atoms with E-state index < -0.39 is 0 Å². The minimum Gasteiger partial charge on any atom is -0.379 e. The van der Waals surface area contributed by atoms with E-state index in [9.17, 15) is 4.79 Å². The lowest BCUT2D eigenvalue weighted by molar-refractivity contribution is 0.0666. The van der Waals surface area contributed by atoms with Gasteiger partial charge in [-0.15, -0.1) is 0 Å². The van der Waals surface area contributed by atoms with Gasteiger partial charge in [-0.25, -0.2) is 4.63 Å². The molecule has 6 nitrogen and oxygen atoms in total. The molecule has 1 fully saturated rings. The number of carbonyl (C=O) groups is 1. The molecule has 2 N–H and O–H groups in total. The van der Waals surface area contributed by atoms with Gasteiger partial charge in [-0.05, 0) is 36.5 Å². The van der Waals surface area contributed by atoms with Crippen LogP contribution in [0.4, 0.5) is 5.82 Å². The Morgan fingerprint density at radius 1 is 1.56 bits per heavy atom. The highest BCUT2D eigenvalue weighted by molar-refractivity contribution is 5.96. The van der Waals surface area contributed by atoms with E-state index in [1.165, 1.54) is 0 Å². The van der Waals surface area contributed by atoms with E-state index in [2.05, 4.69) is 21.9 Å². The van der Waals surface area contributed by atoms with Gasteiger partial charge in [-0.1, -0.05) is 6.92 Å². The van der Waals surface area contributed by atoms with E-state index in [0.29, 0.717) is 0 Å². The van der Waals surface area contributed by atoms with Crippen molar-refractivity contribution in [3.63, 3.8) is 0 Å². The average Bonchev–Trinajstić information content (AvgIpc) is 2.83. The van der Waals surface area contributed by atoms with Crippen molar-refractivity contribution >= 4 is 11.7 Å². The lowest BCUT2D eigenvalue weighted by Crippen LogP contribution is -2.40. The van der Waals surface area contributed by atoms with Crippen molar-refractivity contribution in [2.24, 2.45) is 0 Å². The molecule has 88 valence electrons. The summed E-state index contributed by atoms with van der Waals surface area (Å²) in [5.41, 5.74) is 5.66. The summed E-state index contributed by atoms with van der Waals surface area (Å²) in [6.45, 7) is 4.12. The van der Waals surface area contributed by atoms with Gasteiger partial charge in [0.1, 0.15) is 0 Å². The fourth-order valence-electron chi connectivity index (χ4n) is 2.30. The third kappa shape index (κ3) is 1.64. The second kappa shape index (κ2) is 4.11. The first-order chi connectivity index (χ1) is 7.65. The SMILES string of the molecule is CCC1CCC(C)N1C(=O)c1nonc1N. The zero-order chi connectivity index (χ0) is 11.7. The fourth-order valence-corrected chi connectivity index (χ4v) is 2.30. The number of nitrogen functional groups attached to an aromatic ring is 1. The van der Waals surface area contributed by atoms with E-state index in [4.69, 9.17) is 5.73 Å². The highest BCUT2D eigenvalue weighted by atomic mass is 16.6. The first-order valence-corrected chi connectivity index (χ1v) is 5.55. The molecule has 6 heteroatoms. The molecule has 0 aliphatic carbocycles. The quantitative estimate of drug-likeness (QED) is 0.811. The van der Waals surface area contributed by atoms with Crippen LogP contribution in [-0.4, -0.2) is 33.2 Å². The molecular formula is C10H16N4O2. The van der Waals surface area contributed by atoms with Crippen LogP contribution in [0.3, 0.4) is 0 Å². The van der Waals surface area contributed by atoms with Crippen LogP contribution in [0.25, 0.3) is 0 Å². The van der Waals surface area contributed by atoms with Gasteiger partial charge in [0, 0.05) is 12.1 Å². The number of nitrogens with two attached hydrogens (primary N) is 1. The predicted molar refractivity (Wildman–Crippen MR) is 57.7 cm³/mol. The zero-order valence-corrected chi connectivity index (χ0v) is 9.51. The summed E-state index contributed by atoms with van der Waals surface area (Å²) in [5.74, 6) is -0.102. The maximum Gasteiger partial charge on any atom is 0.280 e. The Kier molecular flexibility index (Phi) is 2.80. The van der Waals surface area contributed by atoms with E-state index in [0.717, 1.165) is 19.3 Å². The standard InChI is InChI=1S/C10H16N4O2/c1-3-7-5-4-6(2)14(7)10(15)8-9(11)13-16-12-8/h6-7H,3-5H2,1-2H3,(H2,11,13). The number of amides is 1. The van der Waals surface area contributed by atoms with Crippen LogP contribution in [-0.2, 0) is 0 Å². The van der Waals surface area contributed by atoms with Crippen molar-refractivity contribution < 1.29 is 9.42 Å². The van der Waals surface area contributed by atoms with Crippen molar-refractivity contribution in [1.82, 2.24) is 15.2 Å². The van der Waals surface area contributed by atoms with Crippen molar-refractivity contribution in [2.45, 2.75) is 45.2 Å². The molecule has 0 aromatic carbocycles. The molecule has 2 heterocycles. The van der Waals surface area contributed by atoms with Gasteiger partial charge < -0.3 is 10.6 Å². The Labute approximate surface area is 93.7 Å². The van der Waals surface area contributed by atoms with Crippen LogP contribution >= 0.6 is 0 Å². The Bertz CT molecular complexity index is 390. The smallest absolute Gasteiger partial charge is 0.280 e. The van der Waals surface area contributed by atoms with Crippen LogP contribution in [0.15, 0.2) is 4.63 Å². The zero-order valence-electron chi connectivity index (χ0n) is 9.51. The molecule has 2 atom stereocenters. The number of aromatic nitrogens is 2. The lowest BCUT2D eigenvalue weighted by atomic mass is 10.1. The minimum atomic E-state index is -0.171. The van der Waals surface area contributed by atoms with Gasteiger partial charge in [0.25, 0.3) is 5.91 Å². The Balaban J connectivity index is 2.24. The molecule has 1 aromatic heterocycles. The number of anilines is 1. The largest absolute Gasteiger partial charge is 0.379 e. The second-order valence-electron chi connectivity index (χ2n) is 4.20. The normalized spacial score (nSPS) is 25.0. The van der Waals surface area contributed by atoms with Crippen molar-refractivity contribution in [3.8, 4) is 0 Å². The topological polar surface area (TPSA) is 85.2 Å². The molecule has 2 unspecified atom stereocenters. The monoisotopic (exact) mass is 224 g/mol. The van der Waals surface area contributed by atoms with Gasteiger partial charge in [0.05, 0.1) is 0 Å². The molecule has 0 saturated carbocycles. The molecule has 1 aliphatic heterocycles. The molecule has 1 aliphatic rings. The number of hydrogen-bond acceptors (Lipinski definition) is 5. The number of likely N-dealkylation sites (tertiary alicyclic amines) is 1. The summed E-state index contributed by atoms with van der Waals surface area (Å²) in [6, 6.07) is 0.507. The Morgan fingerprint density at radius 3 is 2.88 bits per heavy atom. The summed E-state index contributed by atoms with van der Waals surface area (Å²) in [7, 11) is 0. The van der Waals surface area contributed by atoms with E-state index in [1.807, 2.05) is 11.8 Å². The Hall–Kier alpha value is -1.59. The van der Waals surface area contributed by atoms with Crippen LogP contribution < -0.4 is 5.73 Å². The predicted octanol–water partition coefficient (Wildman–Crippen LogP) is 1.05. The van der Waals surface area contributed by atoms with E-state index >= 15 is 0 Å². The van der Waals surface area contributed by atoms with E-state index in [1.54, 1.807) is 0 Å². The molecule has 0 spiro atoms. The minimum absolute atomic E-state index is 0.0685. The Morgan fingerprint density at radius 2 is 2.31 bits per heavy atom. The lowest BCUT2D eigenvalue weighted by Gasteiger charge is -2.26. The first kappa shape index (κ1) is 10.9. The van der Waals surface area contributed by atoms with Crippen LogP contribution in [0.1, 0.15) is 43.6 Å². The molecule has 0 radical (unpaired) electrons. The van der Waals surface area contributed by atoms with Crippen molar-refractivity contribution in [1.29, 1.82) is 0 Å². The van der Waals surface area contributed by atoms with Crippen molar-refractivity contribution in [2.75, 3.05) is 5.73 Å². The molecule has 1 saturated heterocycles. The highest BCUT2D eigenvalue weighted by Gasteiger charge is 2.35. The van der Waals surface area contributed by atoms with Gasteiger partial charge in [0.2, 0.25) is 11.5 Å². The number of hydrogen-bond donors (Lipinski definition) is 1. The third-order valence-corrected chi connectivity index (χ3v) is 3.21. The molecule has 16 heavy (non-hydrogen) atoms. The van der Waals surface area contributed by atoms with Gasteiger partial charge in [-0.3, -0.25) is 4.79 Å². The third-order valence-electron chi connectivity index (χ3n) is 3.21. The summed E-state index contributed by atoms with van der Waals surface area (Å²) >= 11 is 0. The summed E-state index contributed by atoms with van der Waals surface area (Å²) in [5, 5.41) is 6.99. The molecule has 1 amide bonds. The van der Waals surface area contributed by atoms with Gasteiger partial charge in [-0.2, -0.15) is 0 Å². The van der Waals surface area contributed by atoms with E-state index in [-0.39, 0.29) is 29.5 Å². The van der Waals surface area contributed by atoms with Crippen LogP contribution in [0, 0.1) is 0 Å². The molecule has 0 bridgehead atoms. The summed E-state index contributed by atoms with van der Waals surface area (Å²) in [6.07, 6.45) is 3.01. The van der Waals surface area contributed by atoms with Crippen molar-refractivity contribution in [3.05, 3.63) is 5.69 Å². The van der Waals surface area contributed by atoms with Crippen LogP contribution in [0.5, 0.6) is 0 Å². The number of rotatable bonds is 2. The van der Waals surface area contributed by atoms with Crippen LogP contribution in [0.2, 0.25) is 0 Å². The maximum absolute atomic E-state index is 12.2. The molecule has 1 aromatic rings. The first-order valence-electron chi connectivity index (χ1n) is 5.55. The second-order valence-corrected chi connectivity index (χ2v) is 4.20. The highest BCUT2D eigenvalue weighted by Crippen LogP contribution is 2.28. The number of nitrogens with zero attached hydrogens (tertiary/aromatic N) is 3. The summed E-state index contributed by atoms with van der Waals surface area (Å²) in [4.78, 5) is 14.0. The van der Waals surface area contributed by atoms with Gasteiger partial charge >= 0.3 is 0 Å². The summed E-state index contributed by atoms with van der Waals surface area (Å²) < 4.78 is 4.46. The van der Waals surface area contributed by atoms with Gasteiger partial charge in [0.15, 0.2) is 0 Å². The molecular weight excluding hydrogens is 208 g/mol. The maximum atomic E-state index is 12.2. The number of carbonyl (C=O) groups excluding carboxylic acids is 1. The molecule has 2 rings (SSSR count). The fraction of sp³-hybridized carbons (Fsp3) is 0.700. The average molecular weight is 224 g/mol.